The van der Waals surface area contributed by atoms with Gasteiger partial charge in [-0.2, -0.15) is 0 Å². The summed E-state index contributed by atoms with van der Waals surface area (Å²) in [7, 11) is 1.71. The number of hydrogen-bond acceptors (Lipinski definition) is 2. The van der Waals surface area contributed by atoms with Crippen molar-refractivity contribution in [2.75, 3.05) is 33.3 Å². The lowest BCUT2D eigenvalue weighted by Gasteiger charge is -2.32. The van der Waals surface area contributed by atoms with E-state index in [1.807, 2.05) is 12.1 Å². The molecule has 1 aromatic rings. The molecule has 0 atom stereocenters. The zero-order valence-corrected chi connectivity index (χ0v) is 16.1. The number of amides is 1. The molecule has 25 heavy (non-hydrogen) atoms. The van der Waals surface area contributed by atoms with Gasteiger partial charge in [-0.3, -0.25) is 9.69 Å². The Bertz CT molecular complexity index is 538. The number of methoxy groups -OCH3 is 1. The van der Waals surface area contributed by atoms with Gasteiger partial charge in [-0.25, -0.2) is 0 Å². The Hall–Kier alpha value is -1.26. The maximum absolute atomic E-state index is 12.5. The normalized spacial score (nSPS) is 19.3. The molecule has 1 heterocycles. The molecule has 3 rings (SSSR count). The predicted molar refractivity (Wildman–Crippen MR) is 95.7 cm³/mol. The molecular formula is C20H31ClN2O2. The minimum Gasteiger partial charge on any atom is -1.00 e. The van der Waals surface area contributed by atoms with Crippen LogP contribution in [-0.4, -0.2) is 44.1 Å². The van der Waals surface area contributed by atoms with E-state index in [0.29, 0.717) is 5.91 Å². The van der Waals surface area contributed by atoms with E-state index in [1.165, 1.54) is 42.7 Å². The standard InChI is InChI=1S/C20H30N2O2.ClH/c1-24-19-9-5-8-18(16-19)21-12-14-22(15-13-21)20(23)11-10-17-6-3-2-4-7-17;/h5,8-9,16-17H,2-4,6-7,10-15H2,1H3;1H. The first kappa shape index (κ1) is 20.1. The summed E-state index contributed by atoms with van der Waals surface area (Å²) >= 11 is 0. The van der Waals surface area contributed by atoms with Crippen molar-refractivity contribution in [3.05, 3.63) is 24.3 Å². The molecule has 140 valence electrons. The fourth-order valence-corrected chi connectivity index (χ4v) is 4.12. The highest BCUT2D eigenvalue weighted by atomic mass is 35.5. The van der Waals surface area contributed by atoms with Crippen LogP contribution in [0.5, 0.6) is 5.75 Å². The van der Waals surface area contributed by atoms with E-state index in [4.69, 9.17) is 4.74 Å². The molecule has 1 saturated carbocycles. The van der Waals surface area contributed by atoms with Gasteiger partial charge < -0.3 is 22.0 Å². The maximum atomic E-state index is 12.5. The van der Waals surface area contributed by atoms with Crippen molar-refractivity contribution in [3.8, 4) is 5.75 Å². The van der Waals surface area contributed by atoms with Crippen LogP contribution in [-0.2, 0) is 4.79 Å². The maximum Gasteiger partial charge on any atom is 0.222 e. The van der Waals surface area contributed by atoms with Crippen LogP contribution in [0, 0.1) is 5.92 Å². The molecule has 0 unspecified atom stereocenters. The van der Waals surface area contributed by atoms with E-state index in [2.05, 4.69) is 17.0 Å². The molecule has 0 spiro atoms. The monoisotopic (exact) mass is 366 g/mol. The number of ether oxygens (including phenoxy) is 1. The summed E-state index contributed by atoms with van der Waals surface area (Å²) in [5.74, 6) is 2.07. The number of nitrogens with zero attached hydrogens (tertiary/aromatic N) is 1. The third kappa shape index (κ3) is 5.61. The molecular weight excluding hydrogens is 336 g/mol. The summed E-state index contributed by atoms with van der Waals surface area (Å²) < 4.78 is 5.32. The van der Waals surface area contributed by atoms with E-state index < -0.39 is 0 Å². The molecule has 1 amide bonds. The van der Waals surface area contributed by atoms with Gasteiger partial charge in [-0.15, -0.1) is 0 Å². The molecule has 0 bridgehead atoms. The quantitative estimate of drug-likeness (QED) is 0.756. The average molecular weight is 367 g/mol. The number of rotatable bonds is 5. The topological polar surface area (TPSA) is 34.0 Å². The van der Waals surface area contributed by atoms with Crippen LogP contribution in [0.25, 0.3) is 0 Å². The summed E-state index contributed by atoms with van der Waals surface area (Å²) in [6.45, 7) is 3.72. The smallest absolute Gasteiger partial charge is 0.222 e. The van der Waals surface area contributed by atoms with Gasteiger partial charge in [-0.1, -0.05) is 38.2 Å². The summed E-state index contributed by atoms with van der Waals surface area (Å²) in [5, 5.41) is 0. The van der Waals surface area contributed by atoms with Crippen molar-refractivity contribution in [1.82, 2.24) is 4.90 Å². The second kappa shape index (κ2) is 10.0. The molecule has 4 nitrogen and oxygen atoms in total. The van der Waals surface area contributed by atoms with Crippen molar-refractivity contribution < 1.29 is 26.8 Å². The lowest BCUT2D eigenvalue weighted by molar-refractivity contribution is -0.837. The lowest BCUT2D eigenvalue weighted by Crippen LogP contribution is -3.10. The number of carbonyl (C=O) groups excluding carboxylic acids is 1. The second-order valence-corrected chi connectivity index (χ2v) is 7.26. The van der Waals surface area contributed by atoms with Crippen LogP contribution in [0.2, 0.25) is 0 Å². The number of piperazine rings is 1. The van der Waals surface area contributed by atoms with Crippen molar-refractivity contribution in [2.45, 2.75) is 44.9 Å². The van der Waals surface area contributed by atoms with Gasteiger partial charge in [0.1, 0.15) is 11.4 Å². The van der Waals surface area contributed by atoms with Crippen molar-refractivity contribution in [1.29, 1.82) is 0 Å². The van der Waals surface area contributed by atoms with Gasteiger partial charge >= 0.3 is 0 Å². The third-order valence-electron chi connectivity index (χ3n) is 5.69. The summed E-state index contributed by atoms with van der Waals surface area (Å²) in [4.78, 5) is 16.0. The Morgan fingerprint density at radius 1 is 1.20 bits per heavy atom. The molecule has 1 saturated heterocycles. The summed E-state index contributed by atoms with van der Waals surface area (Å²) in [6.07, 6.45) is 8.63. The molecule has 1 N–H and O–H groups in total. The minimum atomic E-state index is 0. The van der Waals surface area contributed by atoms with Gasteiger partial charge in [0.05, 0.1) is 33.3 Å². The van der Waals surface area contributed by atoms with Crippen molar-refractivity contribution in [2.24, 2.45) is 5.92 Å². The molecule has 1 aromatic carbocycles. The van der Waals surface area contributed by atoms with Crippen molar-refractivity contribution in [3.63, 3.8) is 0 Å². The first-order valence-corrected chi connectivity index (χ1v) is 9.53. The van der Waals surface area contributed by atoms with Gasteiger partial charge in [-0.05, 0) is 24.5 Å². The number of nitrogens with one attached hydrogen (secondary N) is 1. The zero-order valence-electron chi connectivity index (χ0n) is 15.3. The SMILES string of the molecule is COc1cccc([NH+]2CCN(C(=O)CCC3CCCCC3)CC2)c1.[Cl-]. The number of carbonyl (C=O) groups is 1. The van der Waals surface area contributed by atoms with Gasteiger partial charge in [0.2, 0.25) is 5.91 Å². The third-order valence-corrected chi connectivity index (χ3v) is 5.69. The van der Waals surface area contributed by atoms with Crippen molar-refractivity contribution >= 4 is 11.6 Å². The van der Waals surface area contributed by atoms with Gasteiger partial charge in [0, 0.05) is 12.5 Å². The van der Waals surface area contributed by atoms with E-state index in [9.17, 15) is 4.79 Å². The number of quaternary nitrogens is 1. The van der Waals surface area contributed by atoms with Crippen LogP contribution in [0.4, 0.5) is 5.69 Å². The van der Waals surface area contributed by atoms with E-state index in [0.717, 1.165) is 50.7 Å². The Labute approximate surface area is 157 Å². The average Bonchev–Trinajstić information content (AvgIpc) is 2.67. The fraction of sp³-hybridized carbons (Fsp3) is 0.650. The van der Waals surface area contributed by atoms with Crippen LogP contribution in [0.3, 0.4) is 0 Å². The van der Waals surface area contributed by atoms with E-state index in [1.54, 1.807) is 7.11 Å². The number of halogens is 1. The molecule has 0 aromatic heterocycles. The minimum absolute atomic E-state index is 0. The number of hydrogen-bond donors (Lipinski definition) is 1. The molecule has 5 heteroatoms. The predicted octanol–water partition coefficient (Wildman–Crippen LogP) is -0.582. The lowest BCUT2D eigenvalue weighted by atomic mass is 9.86. The zero-order chi connectivity index (χ0) is 16.8. The molecule has 1 aliphatic carbocycles. The first-order chi connectivity index (χ1) is 11.8. The second-order valence-electron chi connectivity index (χ2n) is 7.26. The molecule has 2 aliphatic rings. The Morgan fingerprint density at radius 3 is 2.60 bits per heavy atom. The van der Waals surface area contributed by atoms with Gasteiger partial charge in [0.15, 0.2) is 0 Å². The molecule has 0 radical (unpaired) electrons. The van der Waals surface area contributed by atoms with Crippen LogP contribution < -0.4 is 22.0 Å². The van der Waals surface area contributed by atoms with Crippen LogP contribution in [0.1, 0.15) is 44.9 Å². The fourth-order valence-electron chi connectivity index (χ4n) is 4.12. The number of benzene rings is 1. The summed E-state index contributed by atoms with van der Waals surface area (Å²) in [6, 6.07) is 8.28. The van der Waals surface area contributed by atoms with E-state index in [-0.39, 0.29) is 12.4 Å². The highest BCUT2D eigenvalue weighted by molar-refractivity contribution is 5.76. The van der Waals surface area contributed by atoms with E-state index >= 15 is 0 Å². The molecule has 1 aliphatic heterocycles. The largest absolute Gasteiger partial charge is 1.00 e. The molecule has 2 fully saturated rings. The Morgan fingerprint density at radius 2 is 1.92 bits per heavy atom. The van der Waals surface area contributed by atoms with Gasteiger partial charge in [0.25, 0.3) is 0 Å². The highest BCUT2D eigenvalue weighted by Gasteiger charge is 2.25. The Kier molecular flexibility index (Phi) is 8.04. The Balaban J connectivity index is 0.00000225. The highest BCUT2D eigenvalue weighted by Crippen LogP contribution is 2.27. The first-order valence-electron chi connectivity index (χ1n) is 9.53. The van der Waals surface area contributed by atoms with Crippen LogP contribution in [0.15, 0.2) is 24.3 Å². The summed E-state index contributed by atoms with van der Waals surface area (Å²) in [5.41, 5.74) is 1.27. The van der Waals surface area contributed by atoms with Crippen LogP contribution >= 0.6 is 0 Å².